The Kier molecular flexibility index (Phi) is 4.78. The number of hydrogen-bond donors (Lipinski definition) is 2. The first kappa shape index (κ1) is 15.3. The van der Waals surface area contributed by atoms with Gasteiger partial charge >= 0.3 is 0 Å². The Balaban J connectivity index is 2.13. The molecule has 1 aromatic rings. The van der Waals surface area contributed by atoms with Crippen LogP contribution in [-0.4, -0.2) is 6.21 Å². The third-order valence-corrected chi connectivity index (χ3v) is 3.55. The third-order valence-electron chi connectivity index (χ3n) is 3.55. The smallest absolute Gasteiger partial charge is 0.133 e. The predicted octanol–water partition coefficient (Wildman–Crippen LogP) is 4.46. The van der Waals surface area contributed by atoms with Crippen LogP contribution < -0.4 is 10.6 Å². The molecule has 0 aliphatic carbocycles. The van der Waals surface area contributed by atoms with E-state index >= 15 is 0 Å². The van der Waals surface area contributed by atoms with Gasteiger partial charge in [-0.05, 0) is 38.0 Å². The second-order valence-electron chi connectivity index (χ2n) is 5.43. The van der Waals surface area contributed by atoms with Gasteiger partial charge in [0.1, 0.15) is 5.67 Å². The average Bonchev–Trinajstić information content (AvgIpc) is 2.65. The second kappa shape index (κ2) is 6.57. The second-order valence-corrected chi connectivity index (χ2v) is 5.43. The summed E-state index contributed by atoms with van der Waals surface area (Å²) in [5.41, 5.74) is 2.24. The lowest BCUT2D eigenvalue weighted by Crippen LogP contribution is -2.15. The molecule has 0 radical (unpaired) electrons. The number of aliphatic imine (C=N–C) groups is 1. The fourth-order valence-electron chi connectivity index (χ4n) is 2.29. The quantitative estimate of drug-likeness (QED) is 0.839. The maximum atomic E-state index is 14.5. The Hall–Kier alpha value is -2.10. The predicted molar refractivity (Wildman–Crippen MR) is 86.9 cm³/mol. The zero-order chi connectivity index (χ0) is 15.3. The van der Waals surface area contributed by atoms with Crippen molar-refractivity contribution in [1.29, 1.82) is 0 Å². The van der Waals surface area contributed by atoms with E-state index in [0.29, 0.717) is 6.42 Å². The van der Waals surface area contributed by atoms with Crippen LogP contribution in [0.3, 0.4) is 0 Å². The van der Waals surface area contributed by atoms with Crippen LogP contribution in [-0.2, 0) is 5.67 Å². The van der Waals surface area contributed by atoms with Gasteiger partial charge in [-0.15, -0.1) is 0 Å². The Labute approximate surface area is 125 Å². The Morgan fingerprint density at radius 2 is 2.00 bits per heavy atom. The number of alkyl halides is 1. The molecule has 0 fully saturated rings. The zero-order valence-corrected chi connectivity index (χ0v) is 12.8. The number of rotatable bonds is 5. The maximum absolute atomic E-state index is 14.5. The highest BCUT2D eigenvalue weighted by Crippen LogP contribution is 2.31. The number of nitrogens with one attached hydrogen (secondary N) is 2. The van der Waals surface area contributed by atoms with Crippen molar-refractivity contribution in [1.82, 2.24) is 5.32 Å². The summed E-state index contributed by atoms with van der Waals surface area (Å²) in [4.78, 5) is 4.13. The van der Waals surface area contributed by atoms with E-state index in [1.807, 2.05) is 38.1 Å². The van der Waals surface area contributed by atoms with E-state index in [2.05, 4.69) is 15.6 Å². The van der Waals surface area contributed by atoms with Crippen molar-refractivity contribution >= 4 is 11.9 Å². The number of nitrogens with zero attached hydrogens (tertiary/aromatic N) is 1. The molecule has 2 rings (SSSR count). The largest absolute Gasteiger partial charge is 0.362 e. The minimum absolute atomic E-state index is 0.534. The summed E-state index contributed by atoms with van der Waals surface area (Å²) in [5.74, 6) is 0. The summed E-state index contributed by atoms with van der Waals surface area (Å²) >= 11 is 0. The fourth-order valence-corrected chi connectivity index (χ4v) is 2.29. The van der Waals surface area contributed by atoms with Crippen molar-refractivity contribution in [2.24, 2.45) is 4.99 Å². The molecule has 0 spiro atoms. The molecule has 1 atom stereocenters. The first-order valence-corrected chi connectivity index (χ1v) is 7.25. The van der Waals surface area contributed by atoms with E-state index < -0.39 is 5.67 Å². The van der Waals surface area contributed by atoms with Gasteiger partial charge in [-0.25, -0.2) is 4.39 Å². The van der Waals surface area contributed by atoms with Crippen molar-refractivity contribution in [2.75, 3.05) is 5.32 Å². The van der Waals surface area contributed by atoms with Gasteiger partial charge in [0.05, 0.1) is 11.9 Å². The summed E-state index contributed by atoms with van der Waals surface area (Å²) in [6.07, 6.45) is 6.60. The first-order valence-electron chi connectivity index (χ1n) is 7.25. The summed E-state index contributed by atoms with van der Waals surface area (Å²) in [7, 11) is 0. The topological polar surface area (TPSA) is 36.4 Å². The molecule has 0 aromatic heterocycles. The fraction of sp³-hybridized carbons (Fsp3) is 0.353. The SMILES string of the molecule is CCCC(C)(F)c1ccc(NC2=C(C)NC=CN=C2)cc1. The van der Waals surface area contributed by atoms with Crippen molar-refractivity contribution in [3.05, 3.63) is 53.6 Å². The molecule has 1 aromatic carbocycles. The highest BCUT2D eigenvalue weighted by molar-refractivity contribution is 5.84. The normalized spacial score (nSPS) is 17.1. The van der Waals surface area contributed by atoms with Gasteiger partial charge in [-0.1, -0.05) is 25.5 Å². The van der Waals surface area contributed by atoms with Crippen molar-refractivity contribution in [3.63, 3.8) is 0 Å². The molecule has 1 heterocycles. The summed E-state index contributed by atoms with van der Waals surface area (Å²) in [6, 6.07) is 7.48. The minimum Gasteiger partial charge on any atom is -0.362 e. The van der Waals surface area contributed by atoms with Crippen molar-refractivity contribution in [2.45, 2.75) is 39.3 Å². The van der Waals surface area contributed by atoms with Crippen LogP contribution >= 0.6 is 0 Å². The standard InChI is InChI=1S/C17H22FN3/c1-4-9-17(3,18)14-5-7-15(8-6-14)21-16-12-19-10-11-20-13(16)2/h5-8,10-12,20-21H,4,9H2,1-3H3. The zero-order valence-electron chi connectivity index (χ0n) is 12.8. The molecule has 3 nitrogen and oxygen atoms in total. The van der Waals surface area contributed by atoms with Crippen LogP contribution in [0, 0.1) is 0 Å². The molecule has 0 saturated carbocycles. The van der Waals surface area contributed by atoms with Gasteiger partial charge in [0.25, 0.3) is 0 Å². The number of hydrogen-bond acceptors (Lipinski definition) is 3. The summed E-state index contributed by atoms with van der Waals surface area (Å²) in [6.45, 7) is 5.60. The van der Waals surface area contributed by atoms with E-state index in [4.69, 9.17) is 0 Å². The molecule has 4 heteroatoms. The molecule has 1 unspecified atom stereocenters. The molecule has 21 heavy (non-hydrogen) atoms. The molecular weight excluding hydrogens is 265 g/mol. The van der Waals surface area contributed by atoms with Gasteiger partial charge in [0, 0.05) is 23.8 Å². The highest BCUT2D eigenvalue weighted by Gasteiger charge is 2.24. The number of allylic oxidation sites excluding steroid dienone is 2. The van der Waals surface area contributed by atoms with Gasteiger partial charge < -0.3 is 10.6 Å². The number of anilines is 1. The number of benzene rings is 1. The molecule has 2 N–H and O–H groups in total. The first-order chi connectivity index (χ1) is 10.0. The van der Waals surface area contributed by atoms with Crippen LogP contribution in [0.2, 0.25) is 0 Å². The molecular formula is C17H22FN3. The molecule has 1 aliphatic rings. The average molecular weight is 287 g/mol. The van der Waals surface area contributed by atoms with Crippen molar-refractivity contribution in [3.8, 4) is 0 Å². The minimum atomic E-state index is -1.27. The maximum Gasteiger partial charge on any atom is 0.133 e. The lowest BCUT2D eigenvalue weighted by molar-refractivity contribution is 0.175. The van der Waals surface area contributed by atoms with E-state index in [0.717, 1.165) is 29.1 Å². The van der Waals surface area contributed by atoms with Crippen LogP contribution in [0.4, 0.5) is 10.1 Å². The Morgan fingerprint density at radius 3 is 2.67 bits per heavy atom. The van der Waals surface area contributed by atoms with Crippen LogP contribution in [0.25, 0.3) is 0 Å². The van der Waals surface area contributed by atoms with E-state index in [1.165, 1.54) is 0 Å². The van der Waals surface area contributed by atoms with Gasteiger partial charge in [-0.3, -0.25) is 4.99 Å². The third kappa shape index (κ3) is 3.94. The van der Waals surface area contributed by atoms with Gasteiger partial charge in [-0.2, -0.15) is 0 Å². The Bertz CT molecular complexity index is 568. The van der Waals surface area contributed by atoms with Crippen LogP contribution in [0.15, 0.2) is 53.1 Å². The molecule has 112 valence electrons. The van der Waals surface area contributed by atoms with Crippen LogP contribution in [0.1, 0.15) is 39.2 Å². The van der Waals surface area contributed by atoms with E-state index in [-0.39, 0.29) is 0 Å². The summed E-state index contributed by atoms with van der Waals surface area (Å²) < 4.78 is 14.5. The lowest BCUT2D eigenvalue weighted by Gasteiger charge is -2.20. The molecule has 0 amide bonds. The van der Waals surface area contributed by atoms with E-state index in [1.54, 1.807) is 25.5 Å². The molecule has 0 saturated heterocycles. The van der Waals surface area contributed by atoms with E-state index in [9.17, 15) is 4.39 Å². The highest BCUT2D eigenvalue weighted by atomic mass is 19.1. The van der Waals surface area contributed by atoms with Gasteiger partial charge in [0.2, 0.25) is 0 Å². The van der Waals surface area contributed by atoms with Crippen LogP contribution in [0.5, 0.6) is 0 Å². The molecule has 0 bridgehead atoms. The van der Waals surface area contributed by atoms with Gasteiger partial charge in [0.15, 0.2) is 0 Å². The Morgan fingerprint density at radius 1 is 1.29 bits per heavy atom. The number of halogens is 1. The summed E-state index contributed by atoms with van der Waals surface area (Å²) in [5, 5.41) is 6.41. The molecule has 1 aliphatic heterocycles. The van der Waals surface area contributed by atoms with Crippen molar-refractivity contribution < 1.29 is 4.39 Å². The monoisotopic (exact) mass is 287 g/mol. The lowest BCUT2D eigenvalue weighted by atomic mass is 9.93.